The number of hydrogen-bond acceptors (Lipinski definition) is 2. The maximum absolute atomic E-state index is 12.6. The van der Waals surface area contributed by atoms with Crippen LogP contribution in [0.2, 0.25) is 0 Å². The van der Waals surface area contributed by atoms with Crippen LogP contribution in [0, 0.1) is 5.92 Å². The van der Waals surface area contributed by atoms with Crippen molar-refractivity contribution in [3.63, 3.8) is 0 Å². The number of rotatable bonds is 3. The monoisotopic (exact) mass is 229 g/mol. The van der Waals surface area contributed by atoms with E-state index in [0.717, 1.165) is 0 Å². The first-order valence-corrected chi connectivity index (χ1v) is 5.21. The van der Waals surface area contributed by atoms with E-state index in [0.29, 0.717) is 12.5 Å². The van der Waals surface area contributed by atoms with Crippen LogP contribution in [0.1, 0.15) is 19.8 Å². The van der Waals surface area contributed by atoms with Gasteiger partial charge < -0.3 is 4.57 Å². The molecule has 0 saturated heterocycles. The zero-order valence-corrected chi connectivity index (χ0v) is 8.91. The summed E-state index contributed by atoms with van der Waals surface area (Å²) in [5.41, 5.74) is 0. The second-order valence-corrected chi connectivity index (χ2v) is 3.99. The molecule has 1 aliphatic carbocycles. The highest BCUT2D eigenvalue weighted by atomic mass is 19.3. The van der Waals surface area contributed by atoms with Gasteiger partial charge in [-0.05, 0) is 6.92 Å². The number of alkyl halides is 2. The van der Waals surface area contributed by atoms with E-state index in [1.165, 1.54) is 0 Å². The van der Waals surface area contributed by atoms with E-state index in [4.69, 9.17) is 0 Å². The summed E-state index contributed by atoms with van der Waals surface area (Å²) in [6.07, 6.45) is 2.58. The summed E-state index contributed by atoms with van der Waals surface area (Å²) >= 11 is 0. The molecule has 0 bridgehead atoms. The Labute approximate surface area is 91.7 Å². The average molecular weight is 229 g/mol. The lowest BCUT2D eigenvalue weighted by atomic mass is 9.81. The number of aryl methyl sites for hydroxylation is 1. The molecule has 0 spiro atoms. The van der Waals surface area contributed by atoms with E-state index in [2.05, 4.69) is 10.3 Å². The van der Waals surface area contributed by atoms with Crippen LogP contribution in [-0.2, 0) is 11.3 Å². The Morgan fingerprint density at radius 2 is 2.38 bits per heavy atom. The number of anilines is 1. The summed E-state index contributed by atoms with van der Waals surface area (Å²) in [6.45, 7) is 2.59. The molecule has 1 heterocycles. The van der Waals surface area contributed by atoms with Crippen molar-refractivity contribution >= 4 is 11.9 Å². The molecule has 0 aliphatic heterocycles. The van der Waals surface area contributed by atoms with Crippen LogP contribution in [0.3, 0.4) is 0 Å². The van der Waals surface area contributed by atoms with Crippen LogP contribution in [0.15, 0.2) is 12.4 Å². The van der Waals surface area contributed by atoms with Crippen LogP contribution in [0.4, 0.5) is 14.7 Å². The minimum atomic E-state index is -2.66. The molecule has 1 saturated carbocycles. The lowest BCUT2D eigenvalue weighted by Crippen LogP contribution is -2.42. The highest BCUT2D eigenvalue weighted by Crippen LogP contribution is 2.42. The molecular formula is C10H13F2N3O. The molecule has 16 heavy (non-hydrogen) atoms. The van der Waals surface area contributed by atoms with Gasteiger partial charge in [0, 0.05) is 37.7 Å². The standard InChI is InChI=1S/C10H13F2N3O/c1-2-15-4-3-13-9(15)14-8(16)7-5-10(11,12)6-7/h3-4,7H,2,5-6H2,1H3,(H,13,14,16). The fourth-order valence-corrected chi connectivity index (χ4v) is 1.75. The molecule has 0 radical (unpaired) electrons. The normalized spacial score (nSPS) is 19.2. The molecule has 88 valence electrons. The quantitative estimate of drug-likeness (QED) is 0.860. The molecule has 0 aromatic carbocycles. The predicted octanol–water partition coefficient (Wildman–Crippen LogP) is 1.89. The van der Waals surface area contributed by atoms with Crippen LogP contribution in [0.25, 0.3) is 0 Å². The number of amides is 1. The first-order valence-electron chi connectivity index (χ1n) is 5.21. The summed E-state index contributed by atoms with van der Waals surface area (Å²) < 4.78 is 26.9. The molecule has 1 aliphatic rings. The van der Waals surface area contributed by atoms with E-state index < -0.39 is 11.8 Å². The van der Waals surface area contributed by atoms with Crippen LogP contribution >= 0.6 is 0 Å². The molecule has 1 fully saturated rings. The summed E-state index contributed by atoms with van der Waals surface area (Å²) in [5, 5.41) is 2.56. The molecule has 6 heteroatoms. The Bertz CT molecular complexity index is 395. The topological polar surface area (TPSA) is 46.9 Å². The van der Waals surface area contributed by atoms with Crippen molar-refractivity contribution in [1.82, 2.24) is 9.55 Å². The van der Waals surface area contributed by atoms with Gasteiger partial charge in [-0.1, -0.05) is 0 Å². The van der Waals surface area contributed by atoms with Gasteiger partial charge in [-0.25, -0.2) is 13.8 Å². The van der Waals surface area contributed by atoms with Gasteiger partial charge in [0.2, 0.25) is 17.8 Å². The second kappa shape index (κ2) is 3.84. The molecular weight excluding hydrogens is 216 g/mol. The molecule has 0 unspecified atom stereocenters. The SMILES string of the molecule is CCn1ccnc1NC(=O)C1CC(F)(F)C1. The minimum Gasteiger partial charge on any atom is -0.317 e. The van der Waals surface area contributed by atoms with Crippen LogP contribution < -0.4 is 5.32 Å². The molecule has 1 amide bonds. The lowest BCUT2D eigenvalue weighted by Gasteiger charge is -2.33. The van der Waals surface area contributed by atoms with Crippen molar-refractivity contribution < 1.29 is 13.6 Å². The van der Waals surface area contributed by atoms with Crippen molar-refractivity contribution in [1.29, 1.82) is 0 Å². The number of nitrogens with zero attached hydrogens (tertiary/aromatic N) is 2. The molecule has 4 nitrogen and oxygen atoms in total. The van der Waals surface area contributed by atoms with Gasteiger partial charge in [0.05, 0.1) is 0 Å². The van der Waals surface area contributed by atoms with Crippen molar-refractivity contribution in [2.75, 3.05) is 5.32 Å². The van der Waals surface area contributed by atoms with Gasteiger partial charge in [0.25, 0.3) is 0 Å². The largest absolute Gasteiger partial charge is 0.317 e. The number of nitrogens with one attached hydrogen (secondary N) is 1. The zero-order chi connectivity index (χ0) is 11.8. The van der Waals surface area contributed by atoms with Gasteiger partial charge in [-0.2, -0.15) is 0 Å². The Hall–Kier alpha value is -1.46. The lowest BCUT2D eigenvalue weighted by molar-refractivity contribution is -0.145. The second-order valence-electron chi connectivity index (χ2n) is 3.99. The summed E-state index contributed by atoms with van der Waals surface area (Å²) in [7, 11) is 0. The summed E-state index contributed by atoms with van der Waals surface area (Å²) in [6, 6.07) is 0. The van der Waals surface area contributed by atoms with E-state index in [-0.39, 0.29) is 18.7 Å². The van der Waals surface area contributed by atoms with E-state index in [9.17, 15) is 13.6 Å². The van der Waals surface area contributed by atoms with Crippen LogP contribution in [0.5, 0.6) is 0 Å². The molecule has 1 N–H and O–H groups in total. The fourth-order valence-electron chi connectivity index (χ4n) is 1.75. The minimum absolute atomic E-state index is 0.355. The first-order chi connectivity index (χ1) is 7.52. The molecule has 1 aromatic rings. The van der Waals surface area contributed by atoms with Crippen LogP contribution in [-0.4, -0.2) is 21.4 Å². The molecule has 1 aromatic heterocycles. The zero-order valence-electron chi connectivity index (χ0n) is 8.91. The number of imidazole rings is 1. The Morgan fingerprint density at radius 1 is 1.69 bits per heavy atom. The number of aromatic nitrogens is 2. The Balaban J connectivity index is 1.93. The van der Waals surface area contributed by atoms with Gasteiger partial charge in [0.15, 0.2) is 0 Å². The predicted molar refractivity (Wildman–Crippen MR) is 54.2 cm³/mol. The van der Waals surface area contributed by atoms with Crippen molar-refractivity contribution in [3.8, 4) is 0 Å². The molecule has 2 rings (SSSR count). The Kier molecular flexibility index (Phi) is 2.65. The van der Waals surface area contributed by atoms with E-state index in [1.807, 2.05) is 6.92 Å². The average Bonchev–Trinajstić information content (AvgIpc) is 2.61. The van der Waals surface area contributed by atoms with Crippen molar-refractivity contribution in [2.24, 2.45) is 5.92 Å². The maximum atomic E-state index is 12.6. The number of carbonyl (C=O) groups is 1. The van der Waals surface area contributed by atoms with Gasteiger partial charge >= 0.3 is 0 Å². The number of halogens is 2. The molecule has 0 atom stereocenters. The smallest absolute Gasteiger partial charge is 0.249 e. The summed E-state index contributed by atoms with van der Waals surface area (Å²) in [5.74, 6) is -3.20. The van der Waals surface area contributed by atoms with E-state index >= 15 is 0 Å². The fraction of sp³-hybridized carbons (Fsp3) is 0.600. The number of hydrogen-bond donors (Lipinski definition) is 1. The Morgan fingerprint density at radius 3 is 2.94 bits per heavy atom. The van der Waals surface area contributed by atoms with E-state index in [1.54, 1.807) is 17.0 Å². The first kappa shape index (κ1) is 11.0. The van der Waals surface area contributed by atoms with Gasteiger partial charge in [-0.15, -0.1) is 0 Å². The third-order valence-electron chi connectivity index (χ3n) is 2.75. The summed E-state index contributed by atoms with van der Waals surface area (Å²) in [4.78, 5) is 15.5. The highest BCUT2D eigenvalue weighted by molar-refractivity contribution is 5.91. The van der Waals surface area contributed by atoms with Gasteiger partial charge in [-0.3, -0.25) is 10.1 Å². The third kappa shape index (κ3) is 2.05. The van der Waals surface area contributed by atoms with Crippen molar-refractivity contribution in [2.45, 2.75) is 32.2 Å². The maximum Gasteiger partial charge on any atom is 0.249 e. The highest BCUT2D eigenvalue weighted by Gasteiger charge is 2.48. The van der Waals surface area contributed by atoms with Crippen molar-refractivity contribution in [3.05, 3.63) is 12.4 Å². The third-order valence-corrected chi connectivity index (χ3v) is 2.75. The van der Waals surface area contributed by atoms with Gasteiger partial charge in [0.1, 0.15) is 0 Å². The number of carbonyl (C=O) groups excluding carboxylic acids is 1.